The Balaban J connectivity index is 2.38. The van der Waals surface area contributed by atoms with E-state index >= 15 is 0 Å². The minimum absolute atomic E-state index is 0.000674. The number of nitrogens with two attached hydrogens (primary N) is 1. The Morgan fingerprint density at radius 1 is 1.15 bits per heavy atom. The first-order valence-corrected chi connectivity index (χ1v) is 7.44. The van der Waals surface area contributed by atoms with E-state index in [9.17, 15) is 8.42 Å². The summed E-state index contributed by atoms with van der Waals surface area (Å²) in [6.07, 6.45) is 1.46. The van der Waals surface area contributed by atoms with Gasteiger partial charge in [-0.3, -0.25) is 4.72 Å². The second kappa shape index (κ2) is 5.48. The summed E-state index contributed by atoms with van der Waals surface area (Å²) in [5.41, 5.74) is 4.88. The number of hydrogen-bond acceptors (Lipinski definition) is 5. The molecule has 20 heavy (non-hydrogen) atoms. The van der Waals surface area contributed by atoms with Crippen molar-refractivity contribution in [3.63, 3.8) is 0 Å². The number of sulfonamides is 1. The fraction of sp³-hybridized carbons (Fsp3) is 0.154. The number of aryl methyl sites for hydroxylation is 2. The predicted molar refractivity (Wildman–Crippen MR) is 78.8 cm³/mol. The largest absolute Gasteiger partial charge is 0.307 e. The van der Waals surface area contributed by atoms with E-state index in [4.69, 9.17) is 5.84 Å². The molecule has 0 amide bonds. The van der Waals surface area contributed by atoms with E-state index in [2.05, 4.69) is 15.1 Å². The molecule has 7 heteroatoms. The van der Waals surface area contributed by atoms with Crippen LogP contribution in [0.1, 0.15) is 11.1 Å². The van der Waals surface area contributed by atoms with E-state index in [1.165, 1.54) is 18.3 Å². The molecule has 0 saturated heterocycles. The molecule has 0 bridgehead atoms. The molecule has 2 aromatic rings. The second-order valence-electron chi connectivity index (χ2n) is 4.40. The molecule has 0 fully saturated rings. The molecule has 2 rings (SSSR count). The van der Waals surface area contributed by atoms with Crippen LogP contribution < -0.4 is 16.0 Å². The van der Waals surface area contributed by atoms with Crippen molar-refractivity contribution >= 4 is 21.5 Å². The minimum atomic E-state index is -3.74. The lowest BCUT2D eigenvalue weighted by atomic mass is 10.1. The highest BCUT2D eigenvalue weighted by Crippen LogP contribution is 2.22. The van der Waals surface area contributed by atoms with Crippen LogP contribution in [0.4, 0.5) is 11.5 Å². The van der Waals surface area contributed by atoms with Crippen LogP contribution >= 0.6 is 0 Å². The summed E-state index contributed by atoms with van der Waals surface area (Å²) >= 11 is 0. The molecule has 0 spiro atoms. The van der Waals surface area contributed by atoms with Gasteiger partial charge in [0, 0.05) is 11.9 Å². The van der Waals surface area contributed by atoms with Crippen LogP contribution in [0.5, 0.6) is 0 Å². The summed E-state index contributed by atoms with van der Waals surface area (Å²) in [5, 5.41) is 0. The number of pyridine rings is 1. The van der Waals surface area contributed by atoms with E-state index in [1.54, 1.807) is 12.1 Å². The first kappa shape index (κ1) is 14.3. The van der Waals surface area contributed by atoms with Crippen molar-refractivity contribution in [2.24, 2.45) is 5.84 Å². The van der Waals surface area contributed by atoms with Gasteiger partial charge in [0.15, 0.2) is 5.82 Å². The summed E-state index contributed by atoms with van der Waals surface area (Å²) in [6, 6.07) is 8.32. The van der Waals surface area contributed by atoms with Gasteiger partial charge in [-0.05, 0) is 49.2 Å². The fourth-order valence-electron chi connectivity index (χ4n) is 1.73. The highest BCUT2D eigenvalue weighted by molar-refractivity contribution is 7.92. The average molecular weight is 292 g/mol. The lowest BCUT2D eigenvalue weighted by Gasteiger charge is -2.12. The molecule has 0 aliphatic carbocycles. The van der Waals surface area contributed by atoms with Crippen molar-refractivity contribution in [2.45, 2.75) is 18.7 Å². The van der Waals surface area contributed by atoms with Crippen LogP contribution in [-0.4, -0.2) is 13.4 Å². The number of nitrogens with zero attached hydrogens (tertiary/aromatic N) is 1. The molecule has 4 N–H and O–H groups in total. The molecule has 1 aromatic carbocycles. The number of hydrazine groups is 1. The van der Waals surface area contributed by atoms with Gasteiger partial charge >= 0.3 is 0 Å². The third-order valence-electron chi connectivity index (χ3n) is 2.96. The van der Waals surface area contributed by atoms with Crippen molar-refractivity contribution in [1.29, 1.82) is 0 Å². The molecule has 0 saturated carbocycles. The first-order valence-electron chi connectivity index (χ1n) is 5.96. The van der Waals surface area contributed by atoms with Gasteiger partial charge in [-0.15, -0.1) is 0 Å². The topological polar surface area (TPSA) is 97.1 Å². The van der Waals surface area contributed by atoms with Gasteiger partial charge in [-0.25, -0.2) is 19.2 Å². The molecular weight excluding hydrogens is 276 g/mol. The van der Waals surface area contributed by atoms with Crippen molar-refractivity contribution in [1.82, 2.24) is 4.98 Å². The SMILES string of the molecule is Cc1ccc(NS(=O)(=O)c2cccnc2NN)cc1C. The highest BCUT2D eigenvalue weighted by Gasteiger charge is 2.19. The van der Waals surface area contributed by atoms with Crippen molar-refractivity contribution in [3.8, 4) is 0 Å². The van der Waals surface area contributed by atoms with Crippen LogP contribution in [0.2, 0.25) is 0 Å². The highest BCUT2D eigenvalue weighted by atomic mass is 32.2. The number of aromatic nitrogens is 1. The van der Waals surface area contributed by atoms with Gasteiger partial charge < -0.3 is 5.43 Å². The van der Waals surface area contributed by atoms with Crippen LogP contribution in [0.25, 0.3) is 0 Å². The molecular formula is C13H16N4O2S. The van der Waals surface area contributed by atoms with Crippen LogP contribution in [0, 0.1) is 13.8 Å². The average Bonchev–Trinajstić information content (AvgIpc) is 2.42. The molecule has 0 aliphatic heterocycles. The Kier molecular flexibility index (Phi) is 3.91. The van der Waals surface area contributed by atoms with Crippen molar-refractivity contribution in [3.05, 3.63) is 47.7 Å². The Morgan fingerprint density at radius 2 is 1.90 bits per heavy atom. The molecule has 0 aliphatic rings. The maximum absolute atomic E-state index is 12.3. The Labute approximate surface area is 118 Å². The fourth-order valence-corrected chi connectivity index (χ4v) is 2.90. The van der Waals surface area contributed by atoms with E-state index in [0.29, 0.717) is 5.69 Å². The van der Waals surface area contributed by atoms with Gasteiger partial charge in [0.25, 0.3) is 10.0 Å². The second-order valence-corrected chi connectivity index (χ2v) is 6.05. The predicted octanol–water partition coefficient (Wildman–Crippen LogP) is 1.78. The van der Waals surface area contributed by atoms with E-state index < -0.39 is 10.0 Å². The van der Waals surface area contributed by atoms with Gasteiger partial charge in [0.05, 0.1) is 0 Å². The van der Waals surface area contributed by atoms with E-state index in [1.807, 2.05) is 19.9 Å². The first-order chi connectivity index (χ1) is 9.44. The molecule has 0 radical (unpaired) electrons. The third-order valence-corrected chi connectivity index (χ3v) is 4.37. The molecule has 1 heterocycles. The number of rotatable bonds is 4. The van der Waals surface area contributed by atoms with Crippen molar-refractivity contribution < 1.29 is 8.42 Å². The number of benzene rings is 1. The Hall–Kier alpha value is -2.12. The number of hydrogen-bond donors (Lipinski definition) is 3. The van der Waals surface area contributed by atoms with Crippen LogP contribution in [0.15, 0.2) is 41.4 Å². The summed E-state index contributed by atoms with van der Waals surface area (Å²) < 4.78 is 27.2. The normalized spacial score (nSPS) is 11.2. The maximum atomic E-state index is 12.3. The molecule has 1 aromatic heterocycles. The monoisotopic (exact) mass is 292 g/mol. The molecule has 0 unspecified atom stereocenters. The van der Waals surface area contributed by atoms with E-state index in [0.717, 1.165) is 11.1 Å². The Morgan fingerprint density at radius 3 is 2.55 bits per heavy atom. The Bertz CT molecular complexity index is 729. The van der Waals surface area contributed by atoms with Gasteiger partial charge in [0.2, 0.25) is 0 Å². The molecule has 6 nitrogen and oxygen atoms in total. The summed E-state index contributed by atoms with van der Waals surface area (Å²) in [5.74, 6) is 5.38. The summed E-state index contributed by atoms with van der Waals surface area (Å²) in [4.78, 5) is 3.88. The third kappa shape index (κ3) is 2.89. The number of nitrogens with one attached hydrogen (secondary N) is 2. The number of nitrogen functional groups attached to an aromatic ring is 1. The van der Waals surface area contributed by atoms with Gasteiger partial charge in [-0.1, -0.05) is 6.07 Å². The zero-order valence-corrected chi connectivity index (χ0v) is 12.0. The van der Waals surface area contributed by atoms with Crippen LogP contribution in [-0.2, 0) is 10.0 Å². The molecule has 106 valence electrons. The quantitative estimate of drug-likeness (QED) is 0.589. The minimum Gasteiger partial charge on any atom is -0.307 e. The maximum Gasteiger partial charge on any atom is 0.265 e. The molecule has 0 atom stereocenters. The van der Waals surface area contributed by atoms with Crippen molar-refractivity contribution in [2.75, 3.05) is 10.1 Å². The lowest BCUT2D eigenvalue weighted by Crippen LogP contribution is -2.18. The zero-order valence-electron chi connectivity index (χ0n) is 11.2. The lowest BCUT2D eigenvalue weighted by molar-refractivity contribution is 0.601. The van der Waals surface area contributed by atoms with E-state index in [-0.39, 0.29) is 10.7 Å². The van der Waals surface area contributed by atoms with Gasteiger partial charge in [-0.2, -0.15) is 0 Å². The summed E-state index contributed by atoms with van der Waals surface area (Å²) in [7, 11) is -3.74. The van der Waals surface area contributed by atoms with Crippen LogP contribution in [0.3, 0.4) is 0 Å². The number of anilines is 2. The summed E-state index contributed by atoms with van der Waals surface area (Å²) in [6.45, 7) is 3.88. The zero-order chi connectivity index (χ0) is 14.8. The smallest absolute Gasteiger partial charge is 0.265 e. The standard InChI is InChI=1S/C13H16N4O2S/c1-9-5-6-11(8-10(9)2)17-20(18,19)12-4-3-7-15-13(12)16-14/h3-8,17H,14H2,1-2H3,(H,15,16). The van der Waals surface area contributed by atoms with Gasteiger partial charge in [0.1, 0.15) is 4.90 Å².